The molecule has 1 unspecified atom stereocenters. The van der Waals surface area contributed by atoms with Crippen molar-refractivity contribution in [2.75, 3.05) is 0 Å². The number of hydrogen-bond donors (Lipinski definition) is 1. The van der Waals surface area contributed by atoms with Crippen molar-refractivity contribution in [2.45, 2.75) is 13.0 Å². The standard InChI is InChI=1S/C9H10INOS/c1-3-6(2)11-9(12)8-7(10)4-5-13-8/h3-6H,1H2,2H3,(H,11,12). The molecule has 0 saturated heterocycles. The number of nitrogens with one attached hydrogen (secondary N) is 1. The van der Waals surface area contributed by atoms with Crippen LogP contribution in [0.1, 0.15) is 16.6 Å². The predicted molar refractivity (Wildman–Crippen MR) is 64.2 cm³/mol. The maximum atomic E-state index is 11.5. The molecule has 4 heteroatoms. The van der Waals surface area contributed by atoms with E-state index in [4.69, 9.17) is 0 Å². The number of rotatable bonds is 3. The molecule has 0 fully saturated rings. The number of hydrogen-bond acceptors (Lipinski definition) is 2. The number of amides is 1. The summed E-state index contributed by atoms with van der Waals surface area (Å²) in [4.78, 5) is 12.3. The summed E-state index contributed by atoms with van der Waals surface area (Å²) < 4.78 is 0.997. The lowest BCUT2D eigenvalue weighted by Gasteiger charge is -2.07. The zero-order valence-corrected chi connectivity index (χ0v) is 10.2. The van der Waals surface area contributed by atoms with E-state index in [2.05, 4.69) is 34.5 Å². The highest BCUT2D eigenvalue weighted by molar-refractivity contribution is 14.1. The Balaban J connectivity index is 2.69. The minimum absolute atomic E-state index is 0.0189. The second-order valence-corrected chi connectivity index (χ2v) is 4.67. The summed E-state index contributed by atoms with van der Waals surface area (Å²) in [5.41, 5.74) is 0. The third-order valence-corrected chi connectivity index (χ3v) is 3.71. The van der Waals surface area contributed by atoms with E-state index in [1.54, 1.807) is 6.08 Å². The second kappa shape index (κ2) is 4.76. The molecule has 0 bridgehead atoms. The maximum absolute atomic E-state index is 11.5. The summed E-state index contributed by atoms with van der Waals surface area (Å²) in [5.74, 6) is -0.0215. The van der Waals surface area contributed by atoms with Gasteiger partial charge in [-0.1, -0.05) is 6.08 Å². The van der Waals surface area contributed by atoms with E-state index in [9.17, 15) is 4.79 Å². The lowest BCUT2D eigenvalue weighted by Crippen LogP contribution is -2.30. The molecule has 0 aliphatic rings. The normalized spacial score (nSPS) is 12.2. The van der Waals surface area contributed by atoms with Crippen molar-refractivity contribution in [2.24, 2.45) is 0 Å². The van der Waals surface area contributed by atoms with Crippen LogP contribution in [0.5, 0.6) is 0 Å². The lowest BCUT2D eigenvalue weighted by atomic mass is 10.3. The first-order chi connectivity index (χ1) is 6.15. The largest absolute Gasteiger partial charge is 0.345 e. The van der Waals surface area contributed by atoms with E-state index in [1.807, 2.05) is 18.4 Å². The Morgan fingerprint density at radius 1 is 1.85 bits per heavy atom. The van der Waals surface area contributed by atoms with Crippen LogP contribution in [-0.4, -0.2) is 11.9 Å². The third-order valence-electron chi connectivity index (χ3n) is 1.54. The molecule has 1 heterocycles. The maximum Gasteiger partial charge on any atom is 0.262 e. The minimum Gasteiger partial charge on any atom is -0.345 e. The fourth-order valence-corrected chi connectivity index (χ4v) is 2.52. The van der Waals surface area contributed by atoms with Gasteiger partial charge in [0.25, 0.3) is 5.91 Å². The Labute approximate surface area is 95.2 Å². The Morgan fingerprint density at radius 3 is 3.00 bits per heavy atom. The summed E-state index contributed by atoms with van der Waals surface area (Å²) in [5, 5.41) is 4.73. The van der Waals surface area contributed by atoms with Crippen molar-refractivity contribution in [3.05, 3.63) is 32.5 Å². The van der Waals surface area contributed by atoms with E-state index >= 15 is 0 Å². The number of carbonyl (C=O) groups excluding carboxylic acids is 1. The second-order valence-electron chi connectivity index (χ2n) is 2.60. The fourth-order valence-electron chi connectivity index (χ4n) is 0.787. The number of carbonyl (C=O) groups is 1. The van der Waals surface area contributed by atoms with E-state index in [1.165, 1.54) is 11.3 Å². The van der Waals surface area contributed by atoms with E-state index < -0.39 is 0 Å². The van der Waals surface area contributed by atoms with Gasteiger partial charge < -0.3 is 5.32 Å². The Hall–Kier alpha value is -0.360. The van der Waals surface area contributed by atoms with Crippen molar-refractivity contribution >= 4 is 39.8 Å². The van der Waals surface area contributed by atoms with Crippen molar-refractivity contribution in [1.82, 2.24) is 5.32 Å². The Bertz CT molecular complexity index is 321. The minimum atomic E-state index is -0.0215. The SMILES string of the molecule is C=CC(C)NC(=O)c1sccc1I. The Morgan fingerprint density at radius 2 is 2.54 bits per heavy atom. The molecule has 2 nitrogen and oxygen atoms in total. The summed E-state index contributed by atoms with van der Waals surface area (Å²) in [6.07, 6.45) is 1.71. The molecular weight excluding hydrogens is 297 g/mol. The van der Waals surface area contributed by atoms with Gasteiger partial charge in [-0.3, -0.25) is 4.79 Å². The molecular formula is C9H10INOS. The van der Waals surface area contributed by atoms with Crippen LogP contribution in [0.15, 0.2) is 24.1 Å². The molecule has 13 heavy (non-hydrogen) atoms. The zero-order valence-electron chi connectivity index (χ0n) is 7.21. The third kappa shape index (κ3) is 2.80. The van der Waals surface area contributed by atoms with Gasteiger partial charge in [0.05, 0.1) is 0 Å². The van der Waals surface area contributed by atoms with Crippen LogP contribution in [0.2, 0.25) is 0 Å². The van der Waals surface area contributed by atoms with E-state index in [-0.39, 0.29) is 11.9 Å². The smallest absolute Gasteiger partial charge is 0.262 e. The first-order valence-electron chi connectivity index (χ1n) is 3.81. The summed E-state index contributed by atoms with van der Waals surface area (Å²) in [7, 11) is 0. The van der Waals surface area contributed by atoms with Crippen molar-refractivity contribution < 1.29 is 4.79 Å². The first-order valence-corrected chi connectivity index (χ1v) is 5.77. The average molecular weight is 307 g/mol. The summed E-state index contributed by atoms with van der Waals surface area (Å²) in [6, 6.07) is 1.95. The van der Waals surface area contributed by atoms with Gasteiger partial charge >= 0.3 is 0 Å². The molecule has 0 spiro atoms. The van der Waals surface area contributed by atoms with Crippen LogP contribution in [0.3, 0.4) is 0 Å². The number of thiophene rings is 1. The highest BCUT2D eigenvalue weighted by Gasteiger charge is 2.11. The molecule has 0 aliphatic heterocycles. The van der Waals surface area contributed by atoms with Gasteiger partial charge in [-0.05, 0) is 41.0 Å². The van der Waals surface area contributed by atoms with Crippen molar-refractivity contribution in [1.29, 1.82) is 0 Å². The number of halogens is 1. The van der Waals surface area contributed by atoms with Gasteiger partial charge in [-0.2, -0.15) is 0 Å². The molecule has 0 aliphatic carbocycles. The topological polar surface area (TPSA) is 29.1 Å². The molecule has 1 rings (SSSR count). The molecule has 0 aromatic carbocycles. The predicted octanol–water partition coefficient (Wildman–Crippen LogP) is 2.66. The summed E-state index contributed by atoms with van der Waals surface area (Å²) in [6.45, 7) is 5.50. The van der Waals surface area contributed by atoms with Gasteiger partial charge in [0.2, 0.25) is 0 Å². The van der Waals surface area contributed by atoms with Crippen molar-refractivity contribution in [3.63, 3.8) is 0 Å². The van der Waals surface area contributed by atoms with Crippen LogP contribution in [0, 0.1) is 3.57 Å². The molecule has 1 aromatic heterocycles. The first kappa shape index (κ1) is 10.7. The molecule has 0 saturated carbocycles. The van der Waals surface area contributed by atoms with Gasteiger partial charge in [0.15, 0.2) is 0 Å². The summed E-state index contributed by atoms with van der Waals surface area (Å²) >= 11 is 3.61. The van der Waals surface area contributed by atoms with Crippen molar-refractivity contribution in [3.8, 4) is 0 Å². The molecule has 1 amide bonds. The molecule has 0 radical (unpaired) electrons. The van der Waals surface area contributed by atoms with Crippen LogP contribution in [0.4, 0.5) is 0 Å². The van der Waals surface area contributed by atoms with E-state index in [0.717, 1.165) is 8.45 Å². The van der Waals surface area contributed by atoms with Gasteiger partial charge in [-0.25, -0.2) is 0 Å². The van der Waals surface area contributed by atoms with Crippen LogP contribution >= 0.6 is 33.9 Å². The zero-order chi connectivity index (χ0) is 9.84. The Kier molecular flexibility index (Phi) is 3.92. The average Bonchev–Trinajstić information content (AvgIpc) is 2.51. The monoisotopic (exact) mass is 307 g/mol. The van der Waals surface area contributed by atoms with Crippen LogP contribution < -0.4 is 5.32 Å². The van der Waals surface area contributed by atoms with Gasteiger partial charge in [-0.15, -0.1) is 17.9 Å². The molecule has 1 atom stereocenters. The quantitative estimate of drug-likeness (QED) is 0.675. The highest BCUT2D eigenvalue weighted by Crippen LogP contribution is 2.18. The molecule has 1 aromatic rings. The lowest BCUT2D eigenvalue weighted by molar-refractivity contribution is 0.0950. The van der Waals surface area contributed by atoms with Crippen LogP contribution in [0.25, 0.3) is 0 Å². The van der Waals surface area contributed by atoms with Crippen LogP contribution in [-0.2, 0) is 0 Å². The van der Waals surface area contributed by atoms with E-state index in [0.29, 0.717) is 0 Å². The highest BCUT2D eigenvalue weighted by atomic mass is 127. The molecule has 1 N–H and O–H groups in total. The van der Waals surface area contributed by atoms with Gasteiger partial charge in [0, 0.05) is 9.61 Å². The fraction of sp³-hybridized carbons (Fsp3) is 0.222. The van der Waals surface area contributed by atoms with Gasteiger partial charge in [0.1, 0.15) is 4.88 Å². The molecule has 70 valence electrons.